The summed E-state index contributed by atoms with van der Waals surface area (Å²) >= 11 is 0. The van der Waals surface area contributed by atoms with E-state index in [-0.39, 0.29) is 11.7 Å². The third-order valence-corrected chi connectivity index (χ3v) is 4.11. The van der Waals surface area contributed by atoms with Crippen LogP contribution in [0, 0.1) is 18.8 Å². The van der Waals surface area contributed by atoms with Gasteiger partial charge in [-0.15, -0.1) is 0 Å². The zero-order valence-electron chi connectivity index (χ0n) is 10.9. The number of aryl methyl sites for hydroxylation is 1. The Bertz CT molecular complexity index is 594. The number of hydrogen-bond donors (Lipinski definition) is 0. The lowest BCUT2D eigenvalue weighted by Crippen LogP contribution is -2.16. The second-order valence-corrected chi connectivity index (χ2v) is 5.53. The third kappa shape index (κ3) is 1.86. The summed E-state index contributed by atoms with van der Waals surface area (Å²) < 4.78 is 5.70. The Balaban J connectivity index is 1.96. The number of carbonyl (C=O) groups is 1. The number of ketones is 1. The SMILES string of the molecule is Cc1ccc2oc(C(=O)C3CCCC3C)cc2c1. The molecule has 0 saturated heterocycles. The summed E-state index contributed by atoms with van der Waals surface area (Å²) in [7, 11) is 0. The normalized spacial score (nSPS) is 23.7. The van der Waals surface area contributed by atoms with Crippen LogP contribution in [0.3, 0.4) is 0 Å². The summed E-state index contributed by atoms with van der Waals surface area (Å²) in [6.07, 6.45) is 3.34. The van der Waals surface area contributed by atoms with Gasteiger partial charge >= 0.3 is 0 Å². The molecule has 3 rings (SSSR count). The minimum Gasteiger partial charge on any atom is -0.453 e. The largest absolute Gasteiger partial charge is 0.453 e. The van der Waals surface area contributed by atoms with Crippen LogP contribution in [0.5, 0.6) is 0 Å². The lowest BCUT2D eigenvalue weighted by molar-refractivity contribution is 0.0870. The second-order valence-electron chi connectivity index (χ2n) is 5.53. The monoisotopic (exact) mass is 242 g/mol. The predicted molar refractivity (Wildman–Crippen MR) is 71.8 cm³/mol. The molecule has 0 radical (unpaired) electrons. The third-order valence-electron chi connectivity index (χ3n) is 4.11. The number of fused-ring (bicyclic) bond motifs is 1. The van der Waals surface area contributed by atoms with E-state index in [4.69, 9.17) is 4.42 Å². The van der Waals surface area contributed by atoms with Gasteiger partial charge in [0.1, 0.15) is 5.58 Å². The Kier molecular flexibility index (Phi) is 2.73. The summed E-state index contributed by atoms with van der Waals surface area (Å²) in [4.78, 5) is 12.4. The molecule has 2 aromatic rings. The first-order valence-electron chi connectivity index (χ1n) is 6.69. The fraction of sp³-hybridized carbons (Fsp3) is 0.438. The van der Waals surface area contributed by atoms with E-state index in [9.17, 15) is 4.79 Å². The molecular formula is C16H18O2. The van der Waals surface area contributed by atoms with Gasteiger partial charge in [-0.1, -0.05) is 25.0 Å². The van der Waals surface area contributed by atoms with Crippen molar-refractivity contribution < 1.29 is 9.21 Å². The molecule has 0 bridgehead atoms. The van der Waals surface area contributed by atoms with Crippen LogP contribution in [0.1, 0.15) is 42.3 Å². The van der Waals surface area contributed by atoms with E-state index in [2.05, 4.69) is 13.0 Å². The molecule has 1 aromatic carbocycles. The van der Waals surface area contributed by atoms with Crippen molar-refractivity contribution in [3.05, 3.63) is 35.6 Å². The number of carbonyl (C=O) groups excluding carboxylic acids is 1. The molecule has 1 aliphatic rings. The van der Waals surface area contributed by atoms with Crippen molar-refractivity contribution in [1.82, 2.24) is 0 Å². The molecule has 1 fully saturated rings. The molecule has 1 aromatic heterocycles. The zero-order chi connectivity index (χ0) is 12.7. The van der Waals surface area contributed by atoms with Crippen molar-refractivity contribution in [3.8, 4) is 0 Å². The first kappa shape index (κ1) is 11.5. The van der Waals surface area contributed by atoms with E-state index in [1.54, 1.807) is 0 Å². The van der Waals surface area contributed by atoms with Crippen LogP contribution in [0.4, 0.5) is 0 Å². The first-order valence-corrected chi connectivity index (χ1v) is 6.69. The molecule has 1 aliphatic carbocycles. The van der Waals surface area contributed by atoms with Crippen LogP contribution < -0.4 is 0 Å². The highest BCUT2D eigenvalue weighted by molar-refractivity contribution is 5.99. The van der Waals surface area contributed by atoms with Gasteiger partial charge in [0.25, 0.3) is 0 Å². The Hall–Kier alpha value is -1.57. The number of furan rings is 1. The molecule has 0 amide bonds. The van der Waals surface area contributed by atoms with Gasteiger partial charge in [0.2, 0.25) is 5.78 Å². The molecule has 2 unspecified atom stereocenters. The summed E-state index contributed by atoms with van der Waals surface area (Å²) in [6.45, 7) is 4.22. The van der Waals surface area contributed by atoms with Crippen LogP contribution in [-0.4, -0.2) is 5.78 Å². The smallest absolute Gasteiger partial charge is 0.201 e. The molecule has 0 aliphatic heterocycles. The first-order chi connectivity index (χ1) is 8.65. The van der Waals surface area contributed by atoms with Gasteiger partial charge in [-0.3, -0.25) is 4.79 Å². The Morgan fingerprint density at radius 2 is 2.11 bits per heavy atom. The molecule has 1 saturated carbocycles. The van der Waals surface area contributed by atoms with Crippen molar-refractivity contribution in [1.29, 1.82) is 0 Å². The summed E-state index contributed by atoms with van der Waals surface area (Å²) in [5.74, 6) is 1.38. The van der Waals surface area contributed by atoms with Gasteiger partial charge in [-0.2, -0.15) is 0 Å². The topological polar surface area (TPSA) is 30.2 Å². The van der Waals surface area contributed by atoms with E-state index in [1.165, 1.54) is 5.56 Å². The average molecular weight is 242 g/mol. The highest BCUT2D eigenvalue weighted by Gasteiger charge is 2.32. The number of hydrogen-bond acceptors (Lipinski definition) is 2. The van der Waals surface area contributed by atoms with Gasteiger partial charge in [0.05, 0.1) is 0 Å². The van der Waals surface area contributed by atoms with Crippen LogP contribution in [-0.2, 0) is 0 Å². The average Bonchev–Trinajstić information content (AvgIpc) is 2.93. The van der Waals surface area contributed by atoms with Crippen LogP contribution in [0.2, 0.25) is 0 Å². The van der Waals surface area contributed by atoms with Crippen molar-refractivity contribution in [2.75, 3.05) is 0 Å². The van der Waals surface area contributed by atoms with Crippen LogP contribution >= 0.6 is 0 Å². The molecule has 1 heterocycles. The summed E-state index contributed by atoms with van der Waals surface area (Å²) in [6, 6.07) is 7.92. The van der Waals surface area contributed by atoms with E-state index in [0.717, 1.165) is 30.2 Å². The maximum absolute atomic E-state index is 12.4. The fourth-order valence-corrected chi connectivity index (χ4v) is 3.00. The van der Waals surface area contributed by atoms with Crippen molar-refractivity contribution in [2.45, 2.75) is 33.1 Å². The molecule has 2 heteroatoms. The molecule has 0 spiro atoms. The van der Waals surface area contributed by atoms with Gasteiger partial charge in [0.15, 0.2) is 5.76 Å². The van der Waals surface area contributed by atoms with E-state index in [1.807, 2.05) is 25.1 Å². The Labute approximate surface area is 107 Å². The minimum absolute atomic E-state index is 0.159. The van der Waals surface area contributed by atoms with Crippen molar-refractivity contribution in [3.63, 3.8) is 0 Å². The molecule has 94 valence electrons. The minimum atomic E-state index is 0.159. The highest BCUT2D eigenvalue weighted by atomic mass is 16.3. The van der Waals surface area contributed by atoms with Gasteiger partial charge in [-0.25, -0.2) is 0 Å². The molecule has 18 heavy (non-hydrogen) atoms. The lowest BCUT2D eigenvalue weighted by atomic mass is 9.92. The van der Waals surface area contributed by atoms with Gasteiger partial charge < -0.3 is 4.42 Å². The molecule has 2 nitrogen and oxygen atoms in total. The Morgan fingerprint density at radius 1 is 1.28 bits per heavy atom. The molecular weight excluding hydrogens is 224 g/mol. The molecule has 2 atom stereocenters. The van der Waals surface area contributed by atoms with Gasteiger partial charge in [0, 0.05) is 11.3 Å². The fourth-order valence-electron chi connectivity index (χ4n) is 3.00. The van der Waals surface area contributed by atoms with E-state index in [0.29, 0.717) is 11.7 Å². The second kappa shape index (κ2) is 4.27. The van der Waals surface area contributed by atoms with E-state index < -0.39 is 0 Å². The summed E-state index contributed by atoms with van der Waals surface area (Å²) in [5.41, 5.74) is 2.01. The van der Waals surface area contributed by atoms with Crippen LogP contribution in [0.15, 0.2) is 28.7 Å². The van der Waals surface area contributed by atoms with Gasteiger partial charge in [-0.05, 0) is 43.9 Å². The zero-order valence-corrected chi connectivity index (χ0v) is 10.9. The maximum Gasteiger partial charge on any atom is 0.201 e. The van der Waals surface area contributed by atoms with E-state index >= 15 is 0 Å². The Morgan fingerprint density at radius 3 is 2.83 bits per heavy atom. The number of Topliss-reactive ketones (excluding diaryl/α,β-unsaturated/α-hetero) is 1. The number of rotatable bonds is 2. The summed E-state index contributed by atoms with van der Waals surface area (Å²) in [5, 5.41) is 1.03. The lowest BCUT2D eigenvalue weighted by Gasteiger charge is -2.11. The number of benzene rings is 1. The molecule has 0 N–H and O–H groups in total. The predicted octanol–water partition coefficient (Wildman–Crippen LogP) is 4.36. The standard InChI is InChI=1S/C16H18O2/c1-10-6-7-14-12(8-10)9-15(18-14)16(17)13-5-3-4-11(13)2/h6-9,11,13H,3-5H2,1-2H3. The van der Waals surface area contributed by atoms with Crippen molar-refractivity contribution in [2.24, 2.45) is 11.8 Å². The quantitative estimate of drug-likeness (QED) is 0.732. The maximum atomic E-state index is 12.4. The van der Waals surface area contributed by atoms with Crippen LogP contribution in [0.25, 0.3) is 11.0 Å². The highest BCUT2D eigenvalue weighted by Crippen LogP contribution is 2.34. The van der Waals surface area contributed by atoms with Crippen molar-refractivity contribution >= 4 is 16.8 Å².